The number of aromatic nitrogens is 2. The first-order chi connectivity index (χ1) is 8.28. The van der Waals surface area contributed by atoms with Crippen molar-refractivity contribution in [1.82, 2.24) is 9.97 Å². The summed E-state index contributed by atoms with van der Waals surface area (Å²) in [7, 11) is 3.18. The molecule has 1 N–H and O–H groups in total. The summed E-state index contributed by atoms with van der Waals surface area (Å²) in [5.41, 5.74) is 1.51. The van der Waals surface area contributed by atoms with Crippen LogP contribution < -0.4 is 9.47 Å². The van der Waals surface area contributed by atoms with E-state index in [0.29, 0.717) is 23.5 Å². The van der Waals surface area contributed by atoms with Crippen LogP contribution in [0.25, 0.3) is 11.3 Å². The Morgan fingerprint density at radius 3 is 2.71 bits per heavy atom. The van der Waals surface area contributed by atoms with E-state index in [-0.39, 0.29) is 5.82 Å². The number of methoxy groups -OCH3 is 2. The van der Waals surface area contributed by atoms with E-state index in [2.05, 4.69) is 9.97 Å². The average molecular weight is 232 g/mol. The number of carbonyl (C=O) groups excluding carboxylic acids is 1. The van der Waals surface area contributed by atoms with E-state index in [1.807, 2.05) is 6.07 Å². The van der Waals surface area contributed by atoms with Crippen molar-refractivity contribution >= 4 is 6.29 Å². The van der Waals surface area contributed by atoms with E-state index >= 15 is 0 Å². The molecule has 0 spiro atoms. The predicted molar refractivity (Wildman–Crippen MR) is 62.5 cm³/mol. The summed E-state index contributed by atoms with van der Waals surface area (Å²) in [4.78, 5) is 17.4. The number of nitrogens with one attached hydrogen (secondary N) is 1. The second kappa shape index (κ2) is 4.69. The van der Waals surface area contributed by atoms with Crippen molar-refractivity contribution in [3.05, 3.63) is 30.2 Å². The molecule has 5 heteroatoms. The largest absolute Gasteiger partial charge is 0.497 e. The van der Waals surface area contributed by atoms with Gasteiger partial charge in [0.2, 0.25) is 0 Å². The first-order valence-corrected chi connectivity index (χ1v) is 5.01. The highest BCUT2D eigenvalue weighted by molar-refractivity contribution is 5.74. The van der Waals surface area contributed by atoms with E-state index < -0.39 is 0 Å². The lowest BCUT2D eigenvalue weighted by Crippen LogP contribution is -1.90. The number of carbonyl (C=O) groups is 1. The van der Waals surface area contributed by atoms with Crippen molar-refractivity contribution in [3.63, 3.8) is 0 Å². The molecule has 2 rings (SSSR count). The van der Waals surface area contributed by atoms with Gasteiger partial charge in [-0.05, 0) is 18.2 Å². The molecule has 0 fully saturated rings. The monoisotopic (exact) mass is 232 g/mol. The van der Waals surface area contributed by atoms with Gasteiger partial charge in [0.15, 0.2) is 12.1 Å². The van der Waals surface area contributed by atoms with Crippen LogP contribution in [0.15, 0.2) is 24.4 Å². The summed E-state index contributed by atoms with van der Waals surface area (Å²) in [5.74, 6) is 1.68. The van der Waals surface area contributed by atoms with Gasteiger partial charge in [0.05, 0.1) is 26.1 Å². The van der Waals surface area contributed by atoms with Crippen molar-refractivity contribution in [2.75, 3.05) is 14.2 Å². The van der Waals surface area contributed by atoms with Gasteiger partial charge in [-0.2, -0.15) is 0 Å². The standard InChI is InChI=1S/C12H12N2O3/c1-16-8-3-4-11(17-2)9(5-8)10-6-13-12(7-15)14-10/h3-7H,1-2H3,(H,13,14). The quantitative estimate of drug-likeness (QED) is 0.818. The molecule has 2 aromatic rings. The van der Waals surface area contributed by atoms with Crippen LogP contribution >= 0.6 is 0 Å². The van der Waals surface area contributed by atoms with Gasteiger partial charge in [0.1, 0.15) is 11.5 Å². The fourth-order valence-corrected chi connectivity index (χ4v) is 1.56. The van der Waals surface area contributed by atoms with Crippen LogP contribution in [0.5, 0.6) is 11.5 Å². The summed E-state index contributed by atoms with van der Waals surface area (Å²) in [6.07, 6.45) is 2.25. The fraction of sp³-hybridized carbons (Fsp3) is 0.167. The van der Waals surface area contributed by atoms with Gasteiger partial charge in [-0.15, -0.1) is 0 Å². The molecule has 17 heavy (non-hydrogen) atoms. The number of imidazole rings is 1. The molecule has 5 nitrogen and oxygen atoms in total. The minimum Gasteiger partial charge on any atom is -0.497 e. The number of H-pyrrole nitrogens is 1. The highest BCUT2D eigenvalue weighted by Crippen LogP contribution is 2.32. The van der Waals surface area contributed by atoms with Gasteiger partial charge in [-0.1, -0.05) is 0 Å². The van der Waals surface area contributed by atoms with E-state index in [4.69, 9.17) is 9.47 Å². The molecule has 0 radical (unpaired) electrons. The second-order valence-electron chi connectivity index (χ2n) is 3.37. The number of aromatic amines is 1. The minimum atomic E-state index is 0.282. The number of ether oxygens (including phenoxy) is 2. The Labute approximate surface area is 98.4 Å². The average Bonchev–Trinajstić information content (AvgIpc) is 2.86. The molecule has 0 amide bonds. The molecular formula is C12H12N2O3. The lowest BCUT2D eigenvalue weighted by molar-refractivity contribution is 0.111. The van der Waals surface area contributed by atoms with Crippen LogP contribution in [0, 0.1) is 0 Å². The maximum absolute atomic E-state index is 10.6. The van der Waals surface area contributed by atoms with Gasteiger partial charge in [0.25, 0.3) is 0 Å². The normalized spacial score (nSPS) is 10.0. The molecule has 0 bridgehead atoms. The smallest absolute Gasteiger partial charge is 0.185 e. The van der Waals surface area contributed by atoms with Gasteiger partial charge < -0.3 is 14.5 Å². The molecule has 0 aliphatic rings. The third-order valence-corrected chi connectivity index (χ3v) is 2.40. The lowest BCUT2D eigenvalue weighted by atomic mass is 10.1. The summed E-state index contributed by atoms with van der Waals surface area (Å²) in [5, 5.41) is 0. The van der Waals surface area contributed by atoms with Crippen LogP contribution in [0.2, 0.25) is 0 Å². The molecule has 1 aromatic heterocycles. The Morgan fingerprint density at radius 1 is 1.29 bits per heavy atom. The second-order valence-corrected chi connectivity index (χ2v) is 3.37. The highest BCUT2D eigenvalue weighted by Gasteiger charge is 2.10. The van der Waals surface area contributed by atoms with Crippen LogP contribution in [-0.4, -0.2) is 30.5 Å². The summed E-state index contributed by atoms with van der Waals surface area (Å²) >= 11 is 0. The van der Waals surface area contributed by atoms with Crippen molar-refractivity contribution in [3.8, 4) is 22.8 Å². The van der Waals surface area contributed by atoms with Crippen molar-refractivity contribution in [2.24, 2.45) is 0 Å². The number of rotatable bonds is 4. The molecule has 0 aliphatic heterocycles. The van der Waals surface area contributed by atoms with Crippen LogP contribution in [0.1, 0.15) is 10.6 Å². The van der Waals surface area contributed by atoms with E-state index in [1.54, 1.807) is 32.5 Å². The highest BCUT2D eigenvalue weighted by atomic mass is 16.5. The van der Waals surface area contributed by atoms with Gasteiger partial charge in [0, 0.05) is 5.56 Å². The Balaban J connectivity index is 2.51. The molecule has 0 saturated carbocycles. The van der Waals surface area contributed by atoms with Crippen LogP contribution in [-0.2, 0) is 0 Å². The van der Waals surface area contributed by atoms with E-state index in [1.165, 1.54) is 0 Å². The zero-order chi connectivity index (χ0) is 12.3. The number of aldehydes is 1. The zero-order valence-electron chi connectivity index (χ0n) is 9.56. The molecule has 0 atom stereocenters. The van der Waals surface area contributed by atoms with Crippen LogP contribution in [0.4, 0.5) is 0 Å². The fourth-order valence-electron chi connectivity index (χ4n) is 1.56. The molecule has 0 saturated heterocycles. The lowest BCUT2D eigenvalue weighted by Gasteiger charge is -2.08. The summed E-state index contributed by atoms with van der Waals surface area (Å²) in [6.45, 7) is 0. The molecule has 1 heterocycles. The summed E-state index contributed by atoms with van der Waals surface area (Å²) in [6, 6.07) is 5.43. The topological polar surface area (TPSA) is 64.2 Å². The third kappa shape index (κ3) is 2.13. The maximum Gasteiger partial charge on any atom is 0.185 e. The molecule has 88 valence electrons. The molecular weight excluding hydrogens is 220 g/mol. The third-order valence-electron chi connectivity index (χ3n) is 2.40. The number of nitrogens with zero attached hydrogens (tertiary/aromatic N) is 1. The van der Waals surface area contributed by atoms with Crippen LogP contribution in [0.3, 0.4) is 0 Å². The number of hydrogen-bond donors (Lipinski definition) is 1. The SMILES string of the molecule is COc1ccc(OC)c(-c2cnc(C=O)[nH]2)c1. The van der Waals surface area contributed by atoms with E-state index in [0.717, 1.165) is 5.56 Å². The Hall–Kier alpha value is -2.30. The Kier molecular flexibility index (Phi) is 3.09. The van der Waals surface area contributed by atoms with Gasteiger partial charge in [-0.3, -0.25) is 4.79 Å². The number of hydrogen-bond acceptors (Lipinski definition) is 4. The maximum atomic E-state index is 10.6. The predicted octanol–water partition coefficient (Wildman–Crippen LogP) is 1.91. The van der Waals surface area contributed by atoms with Crippen molar-refractivity contribution in [1.29, 1.82) is 0 Å². The molecule has 0 aliphatic carbocycles. The van der Waals surface area contributed by atoms with Crippen molar-refractivity contribution < 1.29 is 14.3 Å². The summed E-state index contributed by atoms with van der Waals surface area (Å²) < 4.78 is 10.4. The first kappa shape index (κ1) is 11.2. The van der Waals surface area contributed by atoms with E-state index in [9.17, 15) is 4.79 Å². The first-order valence-electron chi connectivity index (χ1n) is 5.01. The molecule has 0 unspecified atom stereocenters. The van der Waals surface area contributed by atoms with Gasteiger partial charge in [-0.25, -0.2) is 4.98 Å². The zero-order valence-corrected chi connectivity index (χ0v) is 9.56. The molecule has 1 aromatic carbocycles. The minimum absolute atomic E-state index is 0.282. The Morgan fingerprint density at radius 2 is 2.12 bits per heavy atom. The van der Waals surface area contributed by atoms with Crippen molar-refractivity contribution in [2.45, 2.75) is 0 Å². The number of benzene rings is 1. The van der Waals surface area contributed by atoms with Gasteiger partial charge >= 0.3 is 0 Å². The Bertz CT molecular complexity index is 534.